The molecule has 5 aromatic rings. The van der Waals surface area contributed by atoms with E-state index in [9.17, 15) is 5.11 Å². The van der Waals surface area contributed by atoms with Crippen LogP contribution in [0.5, 0.6) is 0 Å². The minimum atomic E-state index is -1.31. The molecule has 0 amide bonds. The fourth-order valence-electron chi connectivity index (χ4n) is 4.15. The van der Waals surface area contributed by atoms with Gasteiger partial charge < -0.3 is 5.11 Å². The van der Waals surface area contributed by atoms with Crippen molar-refractivity contribution in [2.75, 3.05) is 0 Å². The predicted octanol–water partition coefficient (Wildman–Crippen LogP) is 7.08. The Morgan fingerprint density at radius 2 is 1.45 bits per heavy atom. The lowest BCUT2D eigenvalue weighted by Gasteiger charge is -2.29. The second kappa shape index (κ2) is 8.95. The number of fused-ring (bicyclic) bond motifs is 1. The maximum atomic E-state index is 12.1. The van der Waals surface area contributed by atoms with E-state index in [0.29, 0.717) is 33.2 Å². The van der Waals surface area contributed by atoms with Gasteiger partial charge in [0.15, 0.2) is 0 Å². The molecular formula is C28H20Cl2N2O. The van der Waals surface area contributed by atoms with Gasteiger partial charge in [-0.3, -0.25) is 4.98 Å². The number of pyridine rings is 2. The van der Waals surface area contributed by atoms with Crippen molar-refractivity contribution in [3.63, 3.8) is 0 Å². The van der Waals surface area contributed by atoms with E-state index in [-0.39, 0.29) is 0 Å². The molecule has 33 heavy (non-hydrogen) atoms. The smallest absolute Gasteiger partial charge is 0.139 e. The second-order valence-corrected chi connectivity index (χ2v) is 8.65. The molecule has 3 nitrogen and oxygen atoms in total. The second-order valence-electron chi connectivity index (χ2n) is 7.91. The topological polar surface area (TPSA) is 46.0 Å². The molecule has 0 aliphatic carbocycles. The van der Waals surface area contributed by atoms with E-state index >= 15 is 0 Å². The molecule has 0 bridgehead atoms. The highest BCUT2D eigenvalue weighted by atomic mass is 35.5. The highest BCUT2D eigenvalue weighted by Gasteiger charge is 2.33. The third-order valence-corrected chi connectivity index (χ3v) is 6.50. The van der Waals surface area contributed by atoms with Crippen LogP contribution in [-0.4, -0.2) is 15.1 Å². The molecule has 162 valence electrons. The van der Waals surface area contributed by atoms with Gasteiger partial charge in [0, 0.05) is 29.3 Å². The summed E-state index contributed by atoms with van der Waals surface area (Å²) < 4.78 is 0. The molecule has 1 unspecified atom stereocenters. The predicted molar refractivity (Wildman–Crippen MR) is 135 cm³/mol. The van der Waals surface area contributed by atoms with E-state index in [4.69, 9.17) is 23.2 Å². The van der Waals surface area contributed by atoms with Gasteiger partial charge >= 0.3 is 0 Å². The van der Waals surface area contributed by atoms with E-state index in [1.165, 1.54) is 0 Å². The van der Waals surface area contributed by atoms with Gasteiger partial charge in [0.05, 0.1) is 10.5 Å². The molecule has 3 aromatic carbocycles. The van der Waals surface area contributed by atoms with E-state index in [2.05, 4.69) is 9.97 Å². The molecule has 1 atom stereocenters. The SMILES string of the molecule is OC(Cc1ccccn1)(c1ccccc1)c1ccc2nc(Cl)c(-c3ccccc3)c(Cl)c2c1. The quantitative estimate of drug-likeness (QED) is 0.279. The minimum absolute atomic E-state index is 0.313. The van der Waals surface area contributed by atoms with Crippen LogP contribution in [0.1, 0.15) is 16.8 Å². The summed E-state index contributed by atoms with van der Waals surface area (Å²) in [7, 11) is 0. The number of nitrogens with zero attached hydrogens (tertiary/aromatic N) is 2. The molecule has 0 aliphatic heterocycles. The Kier molecular flexibility index (Phi) is 5.86. The first-order valence-corrected chi connectivity index (χ1v) is 11.3. The monoisotopic (exact) mass is 470 g/mol. The summed E-state index contributed by atoms with van der Waals surface area (Å²) in [6.45, 7) is 0. The van der Waals surface area contributed by atoms with Crippen LogP contribution in [0.4, 0.5) is 0 Å². The van der Waals surface area contributed by atoms with Gasteiger partial charge in [-0.15, -0.1) is 0 Å². The average Bonchev–Trinajstić information content (AvgIpc) is 2.85. The van der Waals surface area contributed by atoms with Crippen LogP contribution in [-0.2, 0) is 12.0 Å². The largest absolute Gasteiger partial charge is 0.380 e. The van der Waals surface area contributed by atoms with Gasteiger partial charge in [-0.05, 0) is 41.0 Å². The zero-order valence-electron chi connectivity index (χ0n) is 17.6. The van der Waals surface area contributed by atoms with Gasteiger partial charge in [-0.25, -0.2) is 4.98 Å². The minimum Gasteiger partial charge on any atom is -0.380 e. The van der Waals surface area contributed by atoms with Gasteiger partial charge in [-0.2, -0.15) is 0 Å². The number of rotatable bonds is 5. The molecule has 2 aromatic heterocycles. The summed E-state index contributed by atoms with van der Waals surface area (Å²) in [5.74, 6) is 0. The third kappa shape index (κ3) is 4.11. The van der Waals surface area contributed by atoms with Crippen molar-refractivity contribution < 1.29 is 5.11 Å². The van der Waals surface area contributed by atoms with E-state index in [1.54, 1.807) is 6.20 Å². The fourth-order valence-corrected chi connectivity index (χ4v) is 4.85. The van der Waals surface area contributed by atoms with Crippen molar-refractivity contribution in [2.24, 2.45) is 0 Å². The van der Waals surface area contributed by atoms with Gasteiger partial charge in [0.1, 0.15) is 10.8 Å². The van der Waals surface area contributed by atoms with Crippen molar-refractivity contribution >= 4 is 34.1 Å². The molecule has 0 saturated carbocycles. The normalized spacial score (nSPS) is 13.1. The van der Waals surface area contributed by atoms with Crippen LogP contribution >= 0.6 is 23.2 Å². The Morgan fingerprint density at radius 1 is 0.758 bits per heavy atom. The van der Waals surface area contributed by atoms with E-state index in [1.807, 2.05) is 97.1 Å². The van der Waals surface area contributed by atoms with Gasteiger partial charge in [-0.1, -0.05) is 96.0 Å². The summed E-state index contributed by atoms with van der Waals surface area (Å²) in [6, 6.07) is 30.6. The molecule has 0 spiro atoms. The first-order chi connectivity index (χ1) is 16.1. The third-order valence-electron chi connectivity index (χ3n) is 5.83. The van der Waals surface area contributed by atoms with Crippen LogP contribution < -0.4 is 0 Å². The van der Waals surface area contributed by atoms with E-state index < -0.39 is 5.60 Å². The van der Waals surface area contributed by atoms with Crippen LogP contribution in [0, 0.1) is 0 Å². The standard InChI is InChI=1S/C28H20Cl2N2O/c29-26-23-17-21(14-15-24(23)32-27(30)25(26)19-9-3-1-4-10-19)28(33,20-11-5-2-6-12-20)18-22-13-7-8-16-31-22/h1-17,33H,18H2. The Balaban J connectivity index is 1.71. The maximum absolute atomic E-state index is 12.1. The molecular weight excluding hydrogens is 451 g/mol. The van der Waals surface area contributed by atoms with Crippen molar-refractivity contribution in [1.29, 1.82) is 0 Å². The number of aromatic nitrogens is 2. The summed E-state index contributed by atoms with van der Waals surface area (Å²) in [4.78, 5) is 9.02. The van der Waals surface area contributed by atoms with Gasteiger partial charge in [0.25, 0.3) is 0 Å². The van der Waals surface area contributed by atoms with Crippen molar-refractivity contribution in [3.8, 4) is 11.1 Å². The molecule has 0 aliphatic rings. The number of halogens is 2. The first kappa shape index (κ1) is 21.6. The van der Waals surface area contributed by atoms with Crippen LogP contribution in [0.2, 0.25) is 10.2 Å². The Morgan fingerprint density at radius 3 is 2.15 bits per heavy atom. The first-order valence-electron chi connectivity index (χ1n) is 10.6. The van der Waals surface area contributed by atoms with Crippen LogP contribution in [0.3, 0.4) is 0 Å². The zero-order chi connectivity index (χ0) is 22.8. The Bertz CT molecular complexity index is 1410. The lowest BCUT2D eigenvalue weighted by Crippen LogP contribution is -2.30. The average molecular weight is 471 g/mol. The molecule has 2 heterocycles. The lowest BCUT2D eigenvalue weighted by atomic mass is 9.82. The summed E-state index contributed by atoms with van der Waals surface area (Å²) in [6.07, 6.45) is 2.05. The van der Waals surface area contributed by atoms with Crippen molar-refractivity contribution in [1.82, 2.24) is 9.97 Å². The van der Waals surface area contributed by atoms with Crippen LogP contribution in [0.25, 0.3) is 22.0 Å². The molecule has 1 N–H and O–H groups in total. The zero-order valence-corrected chi connectivity index (χ0v) is 19.1. The van der Waals surface area contributed by atoms with Crippen molar-refractivity contribution in [3.05, 3.63) is 130 Å². The molecule has 5 rings (SSSR count). The Hall–Kier alpha value is -3.24. The van der Waals surface area contributed by atoms with Crippen LogP contribution in [0.15, 0.2) is 103 Å². The summed E-state index contributed by atoms with van der Waals surface area (Å²) in [5.41, 5.74) is 3.19. The highest BCUT2D eigenvalue weighted by molar-refractivity contribution is 6.42. The van der Waals surface area contributed by atoms with E-state index in [0.717, 1.165) is 22.2 Å². The lowest BCUT2D eigenvalue weighted by molar-refractivity contribution is 0.0802. The van der Waals surface area contributed by atoms with Crippen molar-refractivity contribution in [2.45, 2.75) is 12.0 Å². The van der Waals surface area contributed by atoms with Gasteiger partial charge in [0.2, 0.25) is 0 Å². The fraction of sp³-hybridized carbons (Fsp3) is 0.0714. The molecule has 0 radical (unpaired) electrons. The molecule has 0 fully saturated rings. The number of benzene rings is 3. The number of hydrogen-bond acceptors (Lipinski definition) is 3. The maximum Gasteiger partial charge on any atom is 0.139 e. The molecule has 0 saturated heterocycles. The Labute approximate surface area is 202 Å². The summed E-state index contributed by atoms with van der Waals surface area (Å²) in [5, 5.41) is 13.6. The number of aliphatic hydroxyl groups is 1. The summed E-state index contributed by atoms with van der Waals surface area (Å²) >= 11 is 13.4. The number of hydrogen-bond donors (Lipinski definition) is 1. The highest BCUT2D eigenvalue weighted by Crippen LogP contribution is 2.41. The molecule has 5 heteroatoms.